The van der Waals surface area contributed by atoms with Crippen molar-refractivity contribution in [2.75, 3.05) is 0 Å². The molecule has 8 heterocycles. The first-order valence-corrected chi connectivity index (χ1v) is 41.4. The number of aryl methyl sites for hydroxylation is 16. The maximum atomic E-state index is 8.66. The van der Waals surface area contributed by atoms with Crippen LogP contribution in [-0.4, -0.2) is 0 Å². The molecule has 4 aliphatic carbocycles. The molecule has 0 radical (unpaired) electrons. The molecule has 0 fully saturated rings. The van der Waals surface area contributed by atoms with E-state index in [1.54, 1.807) is 200 Å². The highest BCUT2D eigenvalue weighted by atomic mass is 16.3. The smallest absolute Gasteiger partial charge is 0.216 e. The summed E-state index contributed by atoms with van der Waals surface area (Å²) >= 11 is 0. The number of hydrogen-bond donors (Lipinski definition) is 0. The van der Waals surface area contributed by atoms with Crippen LogP contribution in [0.3, 0.4) is 0 Å². The zero-order valence-electron chi connectivity index (χ0n) is 119. The predicted octanol–water partition coefficient (Wildman–Crippen LogP) is 29.2. The number of rotatable bonds is 4. The largest absolute Gasteiger partial charge is 0.455 e. The fourth-order valence-electron chi connectivity index (χ4n) is 19.9. The van der Waals surface area contributed by atoms with Crippen LogP contribution in [0.2, 0.25) is 0 Å². The Labute approximate surface area is 818 Å². The molecule has 20 aromatic rings. The number of furan rings is 4. The second-order valence-electron chi connectivity index (χ2n) is 34.0. The topological polar surface area (TPSA) is 68.1 Å². The minimum Gasteiger partial charge on any atom is -0.455 e. The Morgan fingerprint density at radius 2 is 0.555 bits per heavy atom. The Morgan fingerprint density at radius 1 is 0.227 bits per heavy atom. The molecule has 0 bridgehead atoms. The molecule has 24 rings (SSSR count). The van der Waals surface area contributed by atoms with Crippen LogP contribution < -0.4 is 18.3 Å². The highest BCUT2D eigenvalue weighted by molar-refractivity contribution is 6.19. The normalized spacial score (nSPS) is 21.3. The van der Waals surface area contributed by atoms with Crippen molar-refractivity contribution >= 4 is 87.8 Å². The van der Waals surface area contributed by atoms with E-state index >= 15 is 0 Å². The summed E-state index contributed by atoms with van der Waals surface area (Å²) in [6.45, 7) is -37.7. The van der Waals surface area contributed by atoms with Crippen molar-refractivity contribution in [2.24, 2.45) is 28.2 Å². The summed E-state index contributed by atoms with van der Waals surface area (Å²) < 4.78 is 429. The van der Waals surface area contributed by atoms with Crippen LogP contribution >= 0.6 is 0 Å². The lowest BCUT2D eigenvalue weighted by atomic mass is 9.80. The Balaban J connectivity index is 0.000000132. The average molecular weight is 1720 g/mol. The lowest BCUT2D eigenvalue weighted by Crippen LogP contribution is -2.31. The molecular weight excluding hydrogens is 1560 g/mol. The van der Waals surface area contributed by atoms with Crippen LogP contribution in [0.5, 0.6) is 0 Å². The number of hydrogen-bond acceptors (Lipinski definition) is 4. The summed E-state index contributed by atoms with van der Waals surface area (Å²) in [4.78, 5) is 0. The fraction of sp³-hybridized carbons (Fsp3) is 0.233. The lowest BCUT2D eigenvalue weighted by Gasteiger charge is -2.22. The molecule has 0 saturated heterocycles. The molecular formula is C120H112N4O4+4. The molecule has 0 aliphatic heterocycles. The Morgan fingerprint density at radius 3 is 0.992 bits per heavy atom. The summed E-state index contributed by atoms with van der Waals surface area (Å²) in [5.41, 5.74) is 3.02. The van der Waals surface area contributed by atoms with Crippen molar-refractivity contribution in [3.63, 3.8) is 0 Å². The first-order valence-electron chi connectivity index (χ1n) is 65.4. The lowest BCUT2D eigenvalue weighted by molar-refractivity contribution is -0.660. The highest BCUT2D eigenvalue weighted by Gasteiger charge is 2.43. The monoisotopic (exact) mass is 1720 g/mol. The second-order valence-corrected chi connectivity index (χ2v) is 34.0. The second kappa shape index (κ2) is 29.0. The van der Waals surface area contributed by atoms with E-state index in [-0.39, 0.29) is 100 Å². The zero-order chi connectivity index (χ0) is 129. The van der Waals surface area contributed by atoms with E-state index < -0.39 is 131 Å². The van der Waals surface area contributed by atoms with E-state index in [9.17, 15) is 0 Å². The van der Waals surface area contributed by atoms with Gasteiger partial charge in [-0.15, -0.1) is 0 Å². The fourth-order valence-corrected chi connectivity index (χ4v) is 19.9. The Hall–Kier alpha value is -13.6. The molecule has 12 aromatic carbocycles. The van der Waals surface area contributed by atoms with Gasteiger partial charge in [0.15, 0.2) is 24.8 Å². The summed E-state index contributed by atoms with van der Waals surface area (Å²) in [5, 5.41) is 4.27. The van der Waals surface area contributed by atoms with Gasteiger partial charge in [-0.1, -0.05) is 213 Å². The van der Waals surface area contributed by atoms with Gasteiger partial charge < -0.3 is 17.7 Å². The maximum Gasteiger partial charge on any atom is 0.216 e. The standard InChI is InChI=1S/4C30H28NO/c1-17-11-12-21-23-14-25-22(20-9-7-8-10-24(20)30(25,4)5)15-27(23)32-29(21)28(17)26-13-18(2)19(3)16-31(26)6;1-17-11-12-21-23-14-22-20-9-7-8-10-24(20)30(4,5)25(22)15-27(23)32-29(21)28(17)26-13-18(2)19(3)16-31(26)6;1-17-11-12-22-27-25(32-29(22)26(17)24-15-18(2)19(3)16-31(24)6)14-13-21-20-9-7-8-10-23(20)30(4,5)28(21)27;1-17-11-12-21-28-25(32-29(21)26(17)24-15-18(2)19(3)16-31(24)6)14-13-23-27(28)20-9-7-8-10-22(20)30(23,4)5/h4*7-16H,1-6H3/q4*+1/i4*2D3,3D3,4D3,5D3. The minimum atomic E-state index is -2.98. The summed E-state index contributed by atoms with van der Waals surface area (Å²) in [6.07, 6.45) is 5.20. The van der Waals surface area contributed by atoms with Crippen molar-refractivity contribution in [1.82, 2.24) is 0 Å². The minimum absolute atomic E-state index is 0.126. The molecule has 632 valence electrons. The summed E-state index contributed by atoms with van der Waals surface area (Å²) in [7, 11) is 6.49. The molecule has 0 N–H and O–H groups in total. The van der Waals surface area contributed by atoms with Crippen LogP contribution in [-0.2, 0) is 49.9 Å². The average Bonchev–Trinajstić information content (AvgIpc) is 1.51. The van der Waals surface area contributed by atoms with E-state index in [1.807, 2.05) is 51.1 Å². The summed E-state index contributed by atoms with van der Waals surface area (Å²) in [5.74, 6) is 0. The molecule has 0 saturated carbocycles. The van der Waals surface area contributed by atoms with Gasteiger partial charge in [0.2, 0.25) is 22.8 Å². The van der Waals surface area contributed by atoms with Crippen LogP contribution in [0.4, 0.5) is 0 Å². The van der Waals surface area contributed by atoms with Crippen molar-refractivity contribution in [2.45, 2.75) is 159 Å². The van der Waals surface area contributed by atoms with Gasteiger partial charge in [0, 0.05) is 177 Å². The molecule has 0 amide bonds. The molecule has 8 heteroatoms. The Kier molecular flexibility index (Phi) is 10.0. The van der Waals surface area contributed by atoms with Gasteiger partial charge in [0.25, 0.3) is 0 Å². The van der Waals surface area contributed by atoms with Gasteiger partial charge in [-0.25, -0.2) is 18.3 Å². The van der Waals surface area contributed by atoms with Gasteiger partial charge >= 0.3 is 0 Å². The van der Waals surface area contributed by atoms with E-state index in [4.69, 9.17) is 83.5 Å². The van der Waals surface area contributed by atoms with E-state index in [1.165, 1.54) is 65.8 Å². The van der Waals surface area contributed by atoms with Crippen molar-refractivity contribution in [3.05, 3.63) is 354 Å². The van der Waals surface area contributed by atoms with Crippen LogP contribution in [0.15, 0.2) is 261 Å². The van der Waals surface area contributed by atoms with Gasteiger partial charge in [-0.05, 0) is 252 Å². The molecule has 0 atom stereocenters. The number of nitrogens with zero attached hydrogens (tertiary/aromatic N) is 4. The SMILES string of the molecule is [2H]C([2H])([2H])c1cc(-c2c(C)ccc3c2oc2cc4c(cc23)-c2ccccc2C4(C([2H])([2H])[2H])C([2H])([2H])[2H])[n+](C)cc1C([2H])([2H])[2H].[2H]C([2H])([2H])c1cc(-c2c(C)ccc3c2oc2cc4c(cc23)C(C([2H])([2H])[2H])(C([2H])([2H])[2H])c2ccccc2-4)[n+](C)cc1C([2H])([2H])[2H].[2H]C([2H])([2H])c1cc(-c2c(C)ccc3c2oc2ccc4c(c23)-c2ccccc2C4(C([2H])([2H])[2H])C([2H])([2H])[2H])[n+](C)cc1C([2H])([2H])[2H].[2H]C([2H])([2H])c1cc(-c2c(C)ccc3c2oc2ccc4c(c23)C(C([2H])([2H])[2H])(C([2H])([2H])[2H])c2ccccc2-4)[n+](C)cc1C([2H])([2H])[2H]. The third kappa shape index (κ3) is 12.0. The third-order valence-corrected chi connectivity index (χ3v) is 26.2. The maximum absolute atomic E-state index is 8.66. The van der Waals surface area contributed by atoms with E-state index in [2.05, 4.69) is 0 Å². The van der Waals surface area contributed by atoms with Crippen LogP contribution in [0.25, 0.3) is 177 Å². The highest BCUT2D eigenvalue weighted by Crippen LogP contribution is 2.58. The van der Waals surface area contributed by atoms with Gasteiger partial charge in [0.1, 0.15) is 72.9 Å². The molecule has 4 aliphatic rings. The first kappa shape index (κ1) is 44.2. The van der Waals surface area contributed by atoms with Gasteiger partial charge in [0.05, 0.1) is 22.3 Å². The van der Waals surface area contributed by atoms with E-state index in [0.717, 1.165) is 16.7 Å². The summed E-state index contributed by atoms with van der Waals surface area (Å²) in [6, 6.07) is 59.4. The van der Waals surface area contributed by atoms with Crippen molar-refractivity contribution in [1.29, 1.82) is 0 Å². The first-order chi connectivity index (χ1) is 80.8. The van der Waals surface area contributed by atoms with Gasteiger partial charge in [-0.3, -0.25) is 0 Å². The molecule has 8 aromatic heterocycles. The molecule has 128 heavy (non-hydrogen) atoms. The van der Waals surface area contributed by atoms with Gasteiger partial charge in [-0.2, -0.15) is 0 Å². The zero-order valence-corrected chi connectivity index (χ0v) is 70.5. The third-order valence-electron chi connectivity index (χ3n) is 26.2. The predicted molar refractivity (Wildman–Crippen MR) is 528 cm³/mol. The number of fused-ring (bicyclic) bond motifs is 26. The molecule has 0 spiro atoms. The molecule has 8 nitrogen and oxygen atoms in total. The Bertz CT molecular complexity index is 10100. The quantitative estimate of drug-likeness (QED) is 0.165. The van der Waals surface area contributed by atoms with Crippen LogP contribution in [0, 0.1) is 82.5 Å². The molecule has 0 unspecified atom stereocenters. The van der Waals surface area contributed by atoms with Crippen molar-refractivity contribution in [3.8, 4) is 89.5 Å². The van der Waals surface area contributed by atoms with Crippen molar-refractivity contribution < 1.29 is 102 Å². The number of aromatic nitrogens is 4. The number of pyridine rings is 4. The van der Waals surface area contributed by atoms with E-state index in [0.29, 0.717) is 172 Å². The van der Waals surface area contributed by atoms with Crippen LogP contribution in [0.1, 0.15) is 232 Å². The number of benzene rings is 12.